The fourth-order valence-corrected chi connectivity index (χ4v) is 11.1. The maximum atomic E-state index is 13.0. The Morgan fingerprint density at radius 1 is 0.333 bits per heavy atom. The summed E-state index contributed by atoms with van der Waals surface area (Å²) in [7, 11) is 5.98. The number of carboxylic acids is 1. The molecule has 0 saturated heterocycles. The van der Waals surface area contributed by atoms with Gasteiger partial charge in [-0.15, -0.1) is 0 Å². The molecule has 2 atom stereocenters. The summed E-state index contributed by atoms with van der Waals surface area (Å²) in [6.45, 7) is 4.81. The molecule has 536 valence electrons. The van der Waals surface area contributed by atoms with Crippen molar-refractivity contribution in [1.82, 2.24) is 0 Å². The van der Waals surface area contributed by atoms with Crippen LogP contribution in [0, 0.1) is 0 Å². The van der Waals surface area contributed by atoms with E-state index in [1.165, 1.54) is 212 Å². The van der Waals surface area contributed by atoms with Gasteiger partial charge in [0.2, 0.25) is 0 Å². The first-order valence-corrected chi connectivity index (χ1v) is 39.1. The molecule has 2 unspecified atom stereocenters. The second kappa shape index (κ2) is 73.8. The molecule has 93 heavy (non-hydrogen) atoms. The van der Waals surface area contributed by atoms with Crippen LogP contribution in [0.15, 0.2) is 109 Å². The molecule has 0 spiro atoms. The van der Waals surface area contributed by atoms with Crippen LogP contribution in [-0.4, -0.2) is 87.4 Å². The number of likely N-dealkylation sites (N-methyl/N-ethyl adjacent to an activating group) is 1. The normalized spacial score (nSPS) is 13.3. The van der Waals surface area contributed by atoms with Crippen LogP contribution in [-0.2, 0) is 33.3 Å². The van der Waals surface area contributed by atoms with Crippen molar-refractivity contribution in [3.05, 3.63) is 109 Å². The fourth-order valence-electron chi connectivity index (χ4n) is 11.1. The zero-order valence-corrected chi connectivity index (χ0v) is 61.4. The Balaban J connectivity index is 4.07. The van der Waals surface area contributed by atoms with E-state index in [0.29, 0.717) is 23.9 Å². The topological polar surface area (TPSA) is 108 Å². The molecule has 0 fully saturated rings. The van der Waals surface area contributed by atoms with Crippen molar-refractivity contribution in [3.8, 4) is 0 Å². The Morgan fingerprint density at radius 3 is 0.914 bits per heavy atom. The van der Waals surface area contributed by atoms with Crippen molar-refractivity contribution in [1.29, 1.82) is 0 Å². The number of aliphatic carboxylic acids is 1. The average Bonchev–Trinajstić information content (AvgIpc) is 3.38. The summed E-state index contributed by atoms with van der Waals surface area (Å²) in [4.78, 5) is 37.7. The van der Waals surface area contributed by atoms with Crippen LogP contribution >= 0.6 is 0 Å². The molecule has 0 heterocycles. The van der Waals surface area contributed by atoms with Crippen molar-refractivity contribution in [2.24, 2.45) is 0 Å². The zero-order valence-electron chi connectivity index (χ0n) is 61.4. The lowest BCUT2D eigenvalue weighted by atomic mass is 10.0. The Kier molecular flexibility index (Phi) is 70.5. The monoisotopic (exact) mass is 1300 g/mol. The SMILES string of the molecule is CC/C=C\C/C=C\C/C=C\C/C=C\C/C=C\C/C=C\C/C=C\C/C=C\C/C=C\CCCCCCCCCCCCCC(=O)OC(COC(=O)CCCCCCCCCCCCCCCCCCCCCCCCCCCCCCC)COC(OCC[N+](C)(C)C)C(=O)O. The van der Waals surface area contributed by atoms with Crippen LogP contribution in [0.5, 0.6) is 0 Å². The van der Waals surface area contributed by atoms with Gasteiger partial charge in [-0.05, 0) is 83.5 Å². The standard InChI is InChI=1S/C84H147NO8/c1-6-8-10-12-14-16-18-20-22-24-26-28-30-32-34-36-37-38-39-40-41-42-43-44-45-47-49-51-53-55-57-59-61-63-65-67-69-71-73-75-82(87)93-80(79-92-84(83(88)89)90-77-76-85(3,4)5)78-91-81(86)74-72-70-68-66-64-62-60-58-56-54-52-50-48-46-35-33-31-29-27-25-23-21-19-17-15-13-11-9-7-2/h8,10,14,16,20,22,26,28,32,34,37-38,40-41,43-44,47,49,80,84H,6-7,9,11-13,15,17-19,21,23-25,27,29-31,33,35-36,39,42,45-46,48,50-79H2,1-5H3/p+1/b10-8-,16-14-,22-20-,28-26-,34-32-,38-37-,41-40-,44-43-,49-47-. The maximum absolute atomic E-state index is 13.0. The third-order valence-electron chi connectivity index (χ3n) is 17.0. The molecule has 0 aliphatic carbocycles. The number of hydrogen-bond donors (Lipinski definition) is 1. The van der Waals surface area contributed by atoms with Crippen LogP contribution < -0.4 is 0 Å². The highest BCUT2D eigenvalue weighted by atomic mass is 16.7. The number of nitrogens with zero attached hydrogens (tertiary/aromatic N) is 1. The van der Waals surface area contributed by atoms with Gasteiger partial charge >= 0.3 is 17.9 Å². The van der Waals surface area contributed by atoms with E-state index in [0.717, 1.165) is 103 Å². The number of carbonyl (C=O) groups excluding carboxylic acids is 2. The van der Waals surface area contributed by atoms with Gasteiger partial charge < -0.3 is 28.5 Å². The van der Waals surface area contributed by atoms with Crippen molar-refractivity contribution in [3.63, 3.8) is 0 Å². The van der Waals surface area contributed by atoms with E-state index < -0.39 is 24.3 Å². The highest BCUT2D eigenvalue weighted by Crippen LogP contribution is 2.19. The molecule has 0 aliphatic rings. The van der Waals surface area contributed by atoms with Crippen molar-refractivity contribution in [2.45, 2.75) is 360 Å². The number of hydrogen-bond acceptors (Lipinski definition) is 7. The van der Waals surface area contributed by atoms with Crippen LogP contribution in [0.1, 0.15) is 348 Å². The van der Waals surface area contributed by atoms with Gasteiger partial charge in [0.15, 0.2) is 6.10 Å². The van der Waals surface area contributed by atoms with E-state index >= 15 is 0 Å². The average molecular weight is 1300 g/mol. The summed E-state index contributed by atoms with van der Waals surface area (Å²) in [5.74, 6) is -1.99. The van der Waals surface area contributed by atoms with Gasteiger partial charge in [0.1, 0.15) is 13.2 Å². The number of ether oxygens (including phenoxy) is 4. The molecule has 9 heteroatoms. The second-order valence-electron chi connectivity index (χ2n) is 27.3. The van der Waals surface area contributed by atoms with E-state index in [2.05, 4.69) is 123 Å². The Hall–Kier alpha value is -4.05. The largest absolute Gasteiger partial charge is 0.477 e. The molecule has 0 aromatic rings. The predicted molar refractivity (Wildman–Crippen MR) is 401 cm³/mol. The van der Waals surface area contributed by atoms with Crippen LogP contribution in [0.25, 0.3) is 0 Å². The minimum atomic E-state index is -1.52. The van der Waals surface area contributed by atoms with E-state index in [4.69, 9.17) is 18.9 Å². The van der Waals surface area contributed by atoms with Crippen molar-refractivity contribution < 1.29 is 42.9 Å². The number of carbonyl (C=O) groups is 3. The number of quaternary nitrogens is 1. The number of carboxylic acid groups (broad SMARTS) is 1. The first kappa shape index (κ1) is 89.0. The Bertz CT molecular complexity index is 1900. The maximum Gasteiger partial charge on any atom is 0.361 e. The highest BCUT2D eigenvalue weighted by molar-refractivity contribution is 5.71. The number of esters is 2. The summed E-state index contributed by atoms with van der Waals surface area (Å²) in [6.07, 6.45) is 101. The van der Waals surface area contributed by atoms with E-state index in [-0.39, 0.29) is 32.2 Å². The van der Waals surface area contributed by atoms with Crippen LogP contribution in [0.3, 0.4) is 0 Å². The lowest BCUT2D eigenvalue weighted by Gasteiger charge is -2.25. The van der Waals surface area contributed by atoms with Gasteiger partial charge in [-0.25, -0.2) is 4.79 Å². The molecule has 0 aliphatic heterocycles. The molecule has 1 N–H and O–H groups in total. The molecular weight excluding hydrogens is 1150 g/mol. The number of rotatable bonds is 72. The minimum absolute atomic E-state index is 0.184. The molecule has 0 bridgehead atoms. The van der Waals surface area contributed by atoms with Crippen molar-refractivity contribution >= 4 is 17.9 Å². The van der Waals surface area contributed by atoms with Gasteiger partial charge in [-0.3, -0.25) is 9.59 Å². The Morgan fingerprint density at radius 2 is 0.613 bits per heavy atom. The molecule has 0 rings (SSSR count). The third-order valence-corrected chi connectivity index (χ3v) is 17.0. The first-order valence-electron chi connectivity index (χ1n) is 39.1. The lowest BCUT2D eigenvalue weighted by molar-refractivity contribution is -0.870. The van der Waals surface area contributed by atoms with Gasteiger partial charge in [0.25, 0.3) is 6.29 Å². The van der Waals surface area contributed by atoms with E-state index in [9.17, 15) is 19.5 Å². The summed E-state index contributed by atoms with van der Waals surface area (Å²) in [6, 6.07) is 0. The lowest BCUT2D eigenvalue weighted by Crippen LogP contribution is -2.40. The van der Waals surface area contributed by atoms with Gasteiger partial charge in [0, 0.05) is 12.8 Å². The van der Waals surface area contributed by atoms with E-state index in [1.54, 1.807) is 0 Å². The van der Waals surface area contributed by atoms with Gasteiger partial charge in [-0.2, -0.15) is 0 Å². The molecule has 0 saturated carbocycles. The molecular formula is C84H148NO8+. The van der Waals surface area contributed by atoms with Crippen LogP contribution in [0.4, 0.5) is 0 Å². The van der Waals surface area contributed by atoms with Crippen molar-refractivity contribution in [2.75, 3.05) is 47.5 Å². The number of allylic oxidation sites excluding steroid dienone is 18. The number of unbranched alkanes of at least 4 members (excludes halogenated alkanes) is 39. The van der Waals surface area contributed by atoms with E-state index in [1.807, 2.05) is 21.1 Å². The molecule has 0 aromatic carbocycles. The molecule has 9 nitrogen and oxygen atoms in total. The summed E-state index contributed by atoms with van der Waals surface area (Å²) < 4.78 is 23.0. The fraction of sp³-hybridized carbons (Fsp3) is 0.750. The minimum Gasteiger partial charge on any atom is -0.477 e. The van der Waals surface area contributed by atoms with Crippen LogP contribution in [0.2, 0.25) is 0 Å². The Labute approximate surface area is 575 Å². The molecule has 0 amide bonds. The van der Waals surface area contributed by atoms with Gasteiger partial charge in [0.05, 0.1) is 34.4 Å². The third kappa shape index (κ3) is 75.2. The molecule has 0 radical (unpaired) electrons. The smallest absolute Gasteiger partial charge is 0.361 e. The summed E-state index contributed by atoms with van der Waals surface area (Å²) in [5.41, 5.74) is 0. The highest BCUT2D eigenvalue weighted by Gasteiger charge is 2.25. The molecule has 0 aromatic heterocycles. The van der Waals surface area contributed by atoms with Gasteiger partial charge in [-0.1, -0.05) is 361 Å². The second-order valence-corrected chi connectivity index (χ2v) is 27.3. The first-order chi connectivity index (χ1) is 45.6. The quantitative estimate of drug-likeness (QED) is 0.0211. The zero-order chi connectivity index (χ0) is 67.5. The summed E-state index contributed by atoms with van der Waals surface area (Å²) in [5, 5.41) is 9.77. The predicted octanol–water partition coefficient (Wildman–Crippen LogP) is 24.9. The summed E-state index contributed by atoms with van der Waals surface area (Å²) >= 11 is 0.